The number of methoxy groups -OCH3 is 1. The first kappa shape index (κ1) is 17.6. The van der Waals surface area contributed by atoms with Gasteiger partial charge in [0.2, 0.25) is 5.91 Å². The number of hydrogen-bond acceptors (Lipinski definition) is 4. The molecule has 2 aliphatic rings. The molecule has 25 heavy (non-hydrogen) atoms. The highest BCUT2D eigenvalue weighted by Crippen LogP contribution is 2.35. The summed E-state index contributed by atoms with van der Waals surface area (Å²) in [5.74, 6) is 0.798. The molecule has 1 fully saturated rings. The normalized spacial score (nSPS) is 21.2. The minimum absolute atomic E-state index is 0.123. The fraction of sp³-hybridized carbons (Fsp3) is 0.579. The predicted octanol–water partition coefficient (Wildman–Crippen LogP) is 2.64. The van der Waals surface area contributed by atoms with Crippen molar-refractivity contribution in [1.29, 1.82) is 0 Å². The highest BCUT2D eigenvalue weighted by Gasteiger charge is 2.33. The first-order chi connectivity index (χ1) is 11.9. The zero-order valence-corrected chi connectivity index (χ0v) is 15.1. The zero-order chi connectivity index (χ0) is 18.0. The van der Waals surface area contributed by atoms with Crippen LogP contribution in [0.25, 0.3) is 0 Å². The zero-order valence-electron chi connectivity index (χ0n) is 15.1. The van der Waals surface area contributed by atoms with Crippen LogP contribution in [0, 0.1) is 0 Å². The number of amides is 2. The Kier molecular flexibility index (Phi) is 4.88. The molecule has 0 spiro atoms. The molecule has 1 aromatic carbocycles. The quantitative estimate of drug-likeness (QED) is 0.914. The second kappa shape index (κ2) is 6.94. The van der Waals surface area contributed by atoms with E-state index in [1.54, 1.807) is 0 Å². The second-order valence-corrected chi connectivity index (χ2v) is 7.37. The molecule has 136 valence electrons. The van der Waals surface area contributed by atoms with Gasteiger partial charge in [0.05, 0.1) is 7.11 Å². The van der Waals surface area contributed by atoms with Gasteiger partial charge in [-0.25, -0.2) is 4.79 Å². The van der Waals surface area contributed by atoms with Gasteiger partial charge in [-0.1, -0.05) is 12.1 Å². The van der Waals surface area contributed by atoms with Crippen molar-refractivity contribution in [1.82, 2.24) is 10.2 Å². The largest absolute Gasteiger partial charge is 0.487 e. The van der Waals surface area contributed by atoms with Crippen LogP contribution < -0.4 is 10.1 Å². The van der Waals surface area contributed by atoms with Crippen LogP contribution in [-0.4, -0.2) is 42.2 Å². The van der Waals surface area contributed by atoms with E-state index >= 15 is 0 Å². The Morgan fingerprint density at radius 3 is 2.92 bits per heavy atom. The Labute approximate surface area is 148 Å². The monoisotopic (exact) mass is 346 g/mol. The molecule has 2 amide bonds. The molecule has 1 atom stereocenters. The van der Waals surface area contributed by atoms with E-state index < -0.39 is 12.1 Å². The molecule has 1 aromatic rings. The highest BCUT2D eigenvalue weighted by molar-refractivity contribution is 5.85. The van der Waals surface area contributed by atoms with Crippen molar-refractivity contribution in [2.75, 3.05) is 13.7 Å². The second-order valence-electron chi connectivity index (χ2n) is 7.37. The Morgan fingerprint density at radius 2 is 2.16 bits per heavy atom. The highest BCUT2D eigenvalue weighted by atomic mass is 16.5. The summed E-state index contributed by atoms with van der Waals surface area (Å²) in [6.45, 7) is 5.14. The maximum atomic E-state index is 12.6. The molecule has 6 nitrogen and oxygen atoms in total. The maximum Gasteiger partial charge on any atom is 0.410 e. The molecule has 2 heterocycles. The summed E-state index contributed by atoms with van der Waals surface area (Å²) in [6, 6.07) is 5.58. The van der Waals surface area contributed by atoms with Crippen LogP contribution >= 0.6 is 0 Å². The Morgan fingerprint density at radius 1 is 1.36 bits per heavy atom. The third-order valence-corrected chi connectivity index (χ3v) is 4.81. The number of likely N-dealkylation sites (tertiary alicyclic amines) is 1. The summed E-state index contributed by atoms with van der Waals surface area (Å²) >= 11 is 0. The smallest absolute Gasteiger partial charge is 0.410 e. The number of carbonyl (C=O) groups is 2. The molecule has 3 rings (SSSR count). The van der Waals surface area contributed by atoms with E-state index in [4.69, 9.17) is 9.47 Å². The van der Waals surface area contributed by atoms with E-state index in [0.717, 1.165) is 30.6 Å². The van der Waals surface area contributed by atoms with Crippen LogP contribution in [0.3, 0.4) is 0 Å². The summed E-state index contributed by atoms with van der Waals surface area (Å²) in [5.41, 5.74) is 2.03. The summed E-state index contributed by atoms with van der Waals surface area (Å²) in [7, 11) is 1.35. The predicted molar refractivity (Wildman–Crippen MR) is 93.4 cm³/mol. The number of hydrogen-bond donors (Lipinski definition) is 1. The SMILES string of the molecule is COC(=O)N1CCCC[C@H]1C(=O)NCc1ccc2c(c1)CC(C)(C)O2. The van der Waals surface area contributed by atoms with Crippen LogP contribution in [-0.2, 0) is 22.5 Å². The molecule has 0 saturated carbocycles. The van der Waals surface area contributed by atoms with Crippen LogP contribution in [0.4, 0.5) is 4.79 Å². The lowest BCUT2D eigenvalue weighted by atomic mass is 10.00. The van der Waals surface area contributed by atoms with Gasteiger partial charge in [0.1, 0.15) is 17.4 Å². The van der Waals surface area contributed by atoms with Gasteiger partial charge >= 0.3 is 6.09 Å². The Bertz CT molecular complexity index is 671. The molecule has 1 saturated heterocycles. The van der Waals surface area contributed by atoms with Gasteiger partial charge in [0.15, 0.2) is 0 Å². The number of benzene rings is 1. The lowest BCUT2D eigenvalue weighted by Crippen LogP contribution is -2.51. The first-order valence-electron chi connectivity index (χ1n) is 8.83. The molecular formula is C19H26N2O4. The van der Waals surface area contributed by atoms with Crippen LogP contribution in [0.5, 0.6) is 5.75 Å². The molecule has 0 radical (unpaired) electrons. The average molecular weight is 346 g/mol. The van der Waals surface area contributed by atoms with Gasteiger partial charge in [-0.3, -0.25) is 9.69 Å². The molecule has 0 unspecified atom stereocenters. The van der Waals surface area contributed by atoms with E-state index in [-0.39, 0.29) is 11.5 Å². The van der Waals surface area contributed by atoms with Gasteiger partial charge in [0, 0.05) is 19.5 Å². The Hall–Kier alpha value is -2.24. The van der Waals surface area contributed by atoms with E-state index in [9.17, 15) is 9.59 Å². The van der Waals surface area contributed by atoms with Gasteiger partial charge in [-0.15, -0.1) is 0 Å². The first-order valence-corrected chi connectivity index (χ1v) is 8.83. The minimum atomic E-state index is -0.446. The summed E-state index contributed by atoms with van der Waals surface area (Å²) in [4.78, 5) is 25.9. The van der Waals surface area contributed by atoms with Gasteiger partial charge in [-0.05, 0) is 50.3 Å². The number of nitrogens with zero attached hydrogens (tertiary/aromatic N) is 1. The van der Waals surface area contributed by atoms with E-state index in [0.29, 0.717) is 19.5 Å². The van der Waals surface area contributed by atoms with Gasteiger partial charge < -0.3 is 14.8 Å². The number of fused-ring (bicyclic) bond motifs is 1. The van der Waals surface area contributed by atoms with Crippen molar-refractivity contribution in [3.63, 3.8) is 0 Å². The number of ether oxygens (including phenoxy) is 2. The average Bonchev–Trinajstić information content (AvgIpc) is 2.91. The number of nitrogens with one attached hydrogen (secondary N) is 1. The van der Waals surface area contributed by atoms with E-state index in [2.05, 4.69) is 25.2 Å². The summed E-state index contributed by atoms with van der Waals surface area (Å²) in [6.07, 6.45) is 2.95. The minimum Gasteiger partial charge on any atom is -0.487 e. The molecule has 0 aromatic heterocycles. The summed E-state index contributed by atoms with van der Waals surface area (Å²) < 4.78 is 10.7. The number of piperidine rings is 1. The maximum absolute atomic E-state index is 12.6. The molecule has 6 heteroatoms. The molecular weight excluding hydrogens is 320 g/mol. The molecule has 2 aliphatic heterocycles. The topological polar surface area (TPSA) is 67.9 Å². The van der Waals surface area contributed by atoms with E-state index in [1.807, 2.05) is 12.1 Å². The lowest BCUT2D eigenvalue weighted by Gasteiger charge is -2.33. The van der Waals surface area contributed by atoms with Crippen molar-refractivity contribution < 1.29 is 19.1 Å². The standard InChI is InChI=1S/C19H26N2O4/c1-19(2)11-14-10-13(7-8-16(14)25-19)12-20-17(22)15-6-4-5-9-21(15)18(23)24-3/h7-8,10,15H,4-6,9,11-12H2,1-3H3,(H,20,22)/t15-/m0/s1. The number of rotatable bonds is 3. The third kappa shape index (κ3) is 3.89. The van der Waals surface area contributed by atoms with Crippen molar-refractivity contribution in [3.8, 4) is 5.75 Å². The molecule has 1 N–H and O–H groups in total. The molecule has 0 bridgehead atoms. The lowest BCUT2D eigenvalue weighted by molar-refractivity contribution is -0.127. The van der Waals surface area contributed by atoms with Gasteiger partial charge in [0.25, 0.3) is 0 Å². The van der Waals surface area contributed by atoms with Crippen LogP contribution in [0.2, 0.25) is 0 Å². The van der Waals surface area contributed by atoms with Crippen LogP contribution in [0.15, 0.2) is 18.2 Å². The fourth-order valence-corrected chi connectivity index (χ4v) is 3.62. The van der Waals surface area contributed by atoms with Crippen molar-refractivity contribution in [2.24, 2.45) is 0 Å². The van der Waals surface area contributed by atoms with Gasteiger partial charge in [-0.2, -0.15) is 0 Å². The van der Waals surface area contributed by atoms with Crippen molar-refractivity contribution in [2.45, 2.75) is 57.7 Å². The van der Waals surface area contributed by atoms with Crippen molar-refractivity contribution >= 4 is 12.0 Å². The number of carbonyl (C=O) groups excluding carboxylic acids is 2. The summed E-state index contributed by atoms with van der Waals surface area (Å²) in [5, 5.41) is 2.96. The Balaban J connectivity index is 1.62. The third-order valence-electron chi connectivity index (χ3n) is 4.81. The molecule has 0 aliphatic carbocycles. The van der Waals surface area contributed by atoms with Crippen molar-refractivity contribution in [3.05, 3.63) is 29.3 Å². The van der Waals surface area contributed by atoms with E-state index in [1.165, 1.54) is 17.6 Å². The fourth-order valence-electron chi connectivity index (χ4n) is 3.62. The van der Waals surface area contributed by atoms with Crippen LogP contribution in [0.1, 0.15) is 44.2 Å².